The molecular formula is C31H27N9O3S. The van der Waals surface area contributed by atoms with E-state index in [1.54, 1.807) is 29.2 Å². The van der Waals surface area contributed by atoms with Crippen LogP contribution in [0.25, 0.3) is 34.1 Å². The van der Waals surface area contributed by atoms with Crippen LogP contribution in [0, 0.1) is 0 Å². The second-order valence-electron chi connectivity index (χ2n) is 10.4. The van der Waals surface area contributed by atoms with Gasteiger partial charge in [-0.2, -0.15) is 5.10 Å². The van der Waals surface area contributed by atoms with Crippen molar-refractivity contribution in [2.75, 3.05) is 12.8 Å². The molecule has 1 amide bonds. The summed E-state index contributed by atoms with van der Waals surface area (Å²) in [6, 6.07) is 21.1. The number of aromatic nitrogens is 6. The lowest BCUT2D eigenvalue weighted by Gasteiger charge is -2.16. The van der Waals surface area contributed by atoms with E-state index in [1.807, 2.05) is 53.2 Å². The van der Waals surface area contributed by atoms with Crippen LogP contribution in [0.1, 0.15) is 33.9 Å². The second-order valence-corrected chi connectivity index (χ2v) is 12.2. The van der Waals surface area contributed by atoms with Crippen molar-refractivity contribution in [1.29, 1.82) is 0 Å². The number of hydrogen-bond donors (Lipinski definition) is 3. The summed E-state index contributed by atoms with van der Waals surface area (Å²) in [6.45, 7) is 0. The van der Waals surface area contributed by atoms with Crippen LogP contribution in [-0.4, -0.2) is 50.7 Å². The van der Waals surface area contributed by atoms with E-state index in [2.05, 4.69) is 26.2 Å². The first kappa shape index (κ1) is 27.4. The Hall–Kier alpha value is -5.40. The van der Waals surface area contributed by atoms with Crippen LogP contribution in [0.3, 0.4) is 0 Å². The number of amides is 1. The van der Waals surface area contributed by atoms with Gasteiger partial charge in [0.25, 0.3) is 5.91 Å². The summed E-state index contributed by atoms with van der Waals surface area (Å²) < 4.78 is 30.4. The lowest BCUT2D eigenvalue weighted by atomic mass is 10.1. The van der Waals surface area contributed by atoms with E-state index in [0.717, 1.165) is 23.2 Å². The molecule has 1 aliphatic rings. The maximum atomic E-state index is 13.2. The SMILES string of the molecule is CNS(=O)(=O)c1cccc(C(=O)N[C@H]2CCc3cc(-n4c(-c5cccnc5N)nc5ccc(-n6cccn6)nc54)ccc32)c1. The summed E-state index contributed by atoms with van der Waals surface area (Å²) in [5, 5.41) is 7.40. The number of hydrogen-bond acceptors (Lipinski definition) is 8. The standard InChI is InChI=1S/C31H27N9O3S/c1-33-44(42,43)22-6-2-5-20(18-22)31(41)37-25-11-8-19-17-21(9-10-23(19)25)40-29(24-7-3-14-34-28(24)32)36-26-12-13-27(38-30(26)40)39-16-4-15-35-39/h2-7,9-10,12-18,25,33H,8,11H2,1H3,(H2,32,34)(H,37,41)/t25-/m0/s1. The number of nitrogens with one attached hydrogen (secondary N) is 2. The summed E-state index contributed by atoms with van der Waals surface area (Å²) in [6.07, 6.45) is 6.61. The lowest BCUT2D eigenvalue weighted by Crippen LogP contribution is -2.27. The fraction of sp³-hybridized carbons (Fsp3) is 0.129. The third-order valence-corrected chi connectivity index (χ3v) is 9.16. The smallest absolute Gasteiger partial charge is 0.251 e. The molecule has 220 valence electrons. The van der Waals surface area contributed by atoms with Crippen LogP contribution in [0.2, 0.25) is 0 Å². The van der Waals surface area contributed by atoms with E-state index < -0.39 is 10.0 Å². The molecule has 0 spiro atoms. The average Bonchev–Trinajstić information content (AvgIpc) is 3.80. The van der Waals surface area contributed by atoms with Crippen molar-refractivity contribution in [3.05, 3.63) is 108 Å². The zero-order valence-electron chi connectivity index (χ0n) is 23.5. The first-order valence-corrected chi connectivity index (χ1v) is 15.4. The third kappa shape index (κ3) is 4.77. The first-order chi connectivity index (χ1) is 21.3. The molecule has 7 rings (SSSR count). The van der Waals surface area contributed by atoms with Gasteiger partial charge in [-0.15, -0.1) is 0 Å². The lowest BCUT2D eigenvalue weighted by molar-refractivity contribution is 0.0936. The van der Waals surface area contributed by atoms with E-state index in [0.29, 0.717) is 40.6 Å². The topological polar surface area (TPSA) is 163 Å². The molecule has 0 aliphatic heterocycles. The maximum absolute atomic E-state index is 13.2. The molecule has 1 atom stereocenters. The van der Waals surface area contributed by atoms with Crippen molar-refractivity contribution in [1.82, 2.24) is 39.3 Å². The highest BCUT2D eigenvalue weighted by molar-refractivity contribution is 7.89. The molecule has 1 aliphatic carbocycles. The van der Waals surface area contributed by atoms with Crippen LogP contribution >= 0.6 is 0 Å². The number of sulfonamides is 1. The molecule has 0 unspecified atom stereocenters. The minimum atomic E-state index is -3.67. The quantitative estimate of drug-likeness (QED) is 0.249. The first-order valence-electron chi connectivity index (χ1n) is 13.9. The van der Waals surface area contributed by atoms with Gasteiger partial charge in [-0.3, -0.25) is 9.36 Å². The molecule has 2 aromatic carbocycles. The number of carbonyl (C=O) groups excluding carboxylic acids is 1. The van der Waals surface area contributed by atoms with Crippen molar-refractivity contribution in [2.45, 2.75) is 23.8 Å². The third-order valence-electron chi connectivity index (χ3n) is 7.75. The number of pyridine rings is 2. The predicted molar refractivity (Wildman–Crippen MR) is 165 cm³/mol. The Morgan fingerprint density at radius 1 is 1.00 bits per heavy atom. The Morgan fingerprint density at radius 3 is 2.68 bits per heavy atom. The molecule has 13 heteroatoms. The van der Waals surface area contributed by atoms with E-state index in [1.165, 1.54) is 19.2 Å². The van der Waals surface area contributed by atoms with Crippen molar-refractivity contribution in [3.8, 4) is 22.9 Å². The average molecular weight is 606 g/mol. The number of nitrogens with two attached hydrogens (primary N) is 1. The van der Waals surface area contributed by atoms with Gasteiger partial charge in [0.15, 0.2) is 17.3 Å². The van der Waals surface area contributed by atoms with Gasteiger partial charge in [0.1, 0.15) is 11.3 Å². The second kappa shape index (κ2) is 10.7. The summed E-state index contributed by atoms with van der Waals surface area (Å²) >= 11 is 0. The van der Waals surface area contributed by atoms with Crippen molar-refractivity contribution < 1.29 is 13.2 Å². The minimum Gasteiger partial charge on any atom is -0.383 e. The molecule has 6 aromatic rings. The van der Waals surface area contributed by atoms with Crippen LogP contribution in [-0.2, 0) is 16.4 Å². The number of nitrogens with zero attached hydrogens (tertiary/aromatic N) is 6. The monoisotopic (exact) mass is 605 g/mol. The Balaban J connectivity index is 1.26. The van der Waals surface area contributed by atoms with E-state index in [9.17, 15) is 13.2 Å². The predicted octanol–water partition coefficient (Wildman–Crippen LogP) is 3.58. The molecular weight excluding hydrogens is 578 g/mol. The Kier molecular flexibility index (Phi) is 6.67. The molecule has 0 saturated heterocycles. The molecule has 4 heterocycles. The fourth-order valence-corrected chi connectivity index (χ4v) is 6.34. The largest absolute Gasteiger partial charge is 0.383 e. The number of benzene rings is 2. The van der Waals surface area contributed by atoms with E-state index >= 15 is 0 Å². The van der Waals surface area contributed by atoms with Crippen LogP contribution in [0.5, 0.6) is 0 Å². The molecule has 0 radical (unpaired) electrons. The van der Waals surface area contributed by atoms with Gasteiger partial charge >= 0.3 is 0 Å². The number of imidazole rings is 1. The van der Waals surface area contributed by atoms with Crippen LogP contribution < -0.4 is 15.8 Å². The van der Waals surface area contributed by atoms with Crippen molar-refractivity contribution >= 4 is 32.9 Å². The van der Waals surface area contributed by atoms with Gasteiger partial charge < -0.3 is 11.1 Å². The summed E-state index contributed by atoms with van der Waals surface area (Å²) in [7, 11) is -2.34. The highest BCUT2D eigenvalue weighted by atomic mass is 32.2. The van der Waals surface area contributed by atoms with Crippen LogP contribution in [0.4, 0.5) is 5.82 Å². The Labute approximate surface area is 252 Å². The summed E-state index contributed by atoms with van der Waals surface area (Å²) in [4.78, 5) is 27.3. The number of anilines is 1. The summed E-state index contributed by atoms with van der Waals surface area (Å²) in [5.41, 5.74) is 11.5. The number of aryl methyl sites for hydroxylation is 1. The van der Waals surface area contributed by atoms with Gasteiger partial charge in [0, 0.05) is 29.8 Å². The van der Waals surface area contributed by atoms with E-state index in [-0.39, 0.29) is 22.4 Å². The highest BCUT2D eigenvalue weighted by Gasteiger charge is 2.27. The number of nitrogen functional groups attached to an aromatic ring is 1. The zero-order valence-corrected chi connectivity index (χ0v) is 24.4. The van der Waals surface area contributed by atoms with Gasteiger partial charge in [0.05, 0.1) is 16.5 Å². The maximum Gasteiger partial charge on any atom is 0.251 e. The Bertz CT molecular complexity index is 2160. The van der Waals surface area contributed by atoms with Gasteiger partial charge in [-0.25, -0.2) is 32.8 Å². The van der Waals surface area contributed by atoms with E-state index in [4.69, 9.17) is 15.7 Å². The molecule has 0 saturated carbocycles. The summed E-state index contributed by atoms with van der Waals surface area (Å²) in [5.74, 6) is 1.26. The number of carbonyl (C=O) groups is 1. The molecule has 4 aromatic heterocycles. The zero-order chi connectivity index (χ0) is 30.4. The number of fused-ring (bicyclic) bond motifs is 2. The van der Waals surface area contributed by atoms with Gasteiger partial charge in [-0.1, -0.05) is 12.1 Å². The van der Waals surface area contributed by atoms with Crippen molar-refractivity contribution in [3.63, 3.8) is 0 Å². The van der Waals surface area contributed by atoms with Crippen LogP contribution in [0.15, 0.2) is 96.3 Å². The normalized spacial score (nSPS) is 14.5. The number of rotatable bonds is 7. The highest BCUT2D eigenvalue weighted by Crippen LogP contribution is 2.36. The van der Waals surface area contributed by atoms with Gasteiger partial charge in [-0.05, 0) is 91.7 Å². The van der Waals surface area contributed by atoms with Crippen molar-refractivity contribution in [2.24, 2.45) is 0 Å². The Morgan fingerprint density at radius 2 is 1.89 bits per heavy atom. The molecule has 0 bridgehead atoms. The van der Waals surface area contributed by atoms with Gasteiger partial charge in [0.2, 0.25) is 10.0 Å². The fourth-order valence-electron chi connectivity index (χ4n) is 5.57. The molecule has 4 N–H and O–H groups in total. The molecule has 12 nitrogen and oxygen atoms in total. The minimum absolute atomic E-state index is 0.0334. The molecule has 44 heavy (non-hydrogen) atoms. The molecule has 0 fully saturated rings.